The second-order valence-electron chi connectivity index (χ2n) is 6.65. The van der Waals surface area contributed by atoms with Gasteiger partial charge >= 0.3 is 0 Å². The van der Waals surface area contributed by atoms with E-state index in [-0.39, 0.29) is 23.8 Å². The van der Waals surface area contributed by atoms with Gasteiger partial charge in [0.2, 0.25) is 5.91 Å². The van der Waals surface area contributed by atoms with Crippen molar-refractivity contribution in [3.8, 4) is 0 Å². The second-order valence-corrected chi connectivity index (χ2v) is 6.65. The van der Waals surface area contributed by atoms with Crippen molar-refractivity contribution in [3.05, 3.63) is 71.6 Å². The monoisotopic (exact) mass is 352 g/mol. The van der Waals surface area contributed by atoms with Crippen LogP contribution in [0.5, 0.6) is 0 Å². The van der Waals surface area contributed by atoms with E-state index >= 15 is 0 Å². The maximum Gasteiger partial charge on any atom is 0.220 e. The molecule has 134 valence electrons. The Kier molecular flexibility index (Phi) is 4.42. The molecular weight excluding hydrogens is 331 g/mol. The number of pyridine rings is 1. The molecule has 0 bridgehead atoms. The highest BCUT2D eigenvalue weighted by atomic mass is 19.1. The van der Waals surface area contributed by atoms with Crippen molar-refractivity contribution in [2.45, 2.75) is 38.4 Å². The average Bonchev–Trinajstić information content (AvgIpc) is 2.97. The van der Waals surface area contributed by atoms with Gasteiger partial charge in [-0.05, 0) is 31.5 Å². The lowest BCUT2D eigenvalue weighted by molar-refractivity contribution is -0.123. The molecule has 1 aliphatic rings. The highest BCUT2D eigenvalue weighted by Crippen LogP contribution is 2.26. The number of piperidine rings is 1. The van der Waals surface area contributed by atoms with Gasteiger partial charge in [0.25, 0.3) is 0 Å². The summed E-state index contributed by atoms with van der Waals surface area (Å²) in [5.41, 5.74) is 2.52. The Morgan fingerprint density at radius 2 is 2.08 bits per heavy atom. The first-order valence-electron chi connectivity index (χ1n) is 8.83. The molecule has 2 atom stereocenters. The molecule has 1 saturated heterocycles. The maximum atomic E-state index is 14.3. The number of benzene rings is 1. The van der Waals surface area contributed by atoms with Gasteiger partial charge in [-0.2, -0.15) is 0 Å². The van der Waals surface area contributed by atoms with Crippen molar-refractivity contribution in [2.75, 3.05) is 0 Å². The fourth-order valence-corrected chi connectivity index (χ4v) is 3.67. The van der Waals surface area contributed by atoms with Crippen LogP contribution in [-0.2, 0) is 11.3 Å². The number of imidazole rings is 1. The first-order valence-corrected chi connectivity index (χ1v) is 8.83. The van der Waals surface area contributed by atoms with Gasteiger partial charge < -0.3 is 15.0 Å². The van der Waals surface area contributed by atoms with Gasteiger partial charge in [-0.15, -0.1) is 0 Å². The fourth-order valence-electron chi connectivity index (χ4n) is 3.67. The summed E-state index contributed by atoms with van der Waals surface area (Å²) in [6, 6.07) is 12.2. The van der Waals surface area contributed by atoms with E-state index in [2.05, 4.69) is 15.6 Å². The molecule has 1 aromatic carbocycles. The molecular formula is C20H21FN4O. The largest absolute Gasteiger partial charge is 0.348 e. The third-order valence-electron chi connectivity index (χ3n) is 4.97. The molecule has 0 radical (unpaired) electrons. The number of hydrogen-bond acceptors (Lipinski definition) is 3. The number of aryl methyl sites for hydroxylation is 1. The fraction of sp³-hybridized carbons (Fsp3) is 0.300. The molecule has 0 unspecified atom stereocenters. The number of fused-ring (bicyclic) bond motifs is 1. The van der Waals surface area contributed by atoms with Crippen LogP contribution in [0.15, 0.2) is 48.7 Å². The molecule has 1 amide bonds. The maximum absolute atomic E-state index is 14.3. The van der Waals surface area contributed by atoms with Crippen LogP contribution in [0.2, 0.25) is 0 Å². The number of nitrogens with one attached hydrogen (secondary N) is 2. The summed E-state index contributed by atoms with van der Waals surface area (Å²) in [4.78, 5) is 16.5. The molecule has 26 heavy (non-hydrogen) atoms. The first-order chi connectivity index (χ1) is 12.6. The lowest BCUT2D eigenvalue weighted by Gasteiger charge is -2.33. The minimum Gasteiger partial charge on any atom is -0.348 e. The Hall–Kier alpha value is -2.73. The lowest BCUT2D eigenvalue weighted by Crippen LogP contribution is -2.48. The van der Waals surface area contributed by atoms with E-state index in [0.717, 1.165) is 17.0 Å². The van der Waals surface area contributed by atoms with Crippen molar-refractivity contribution in [2.24, 2.45) is 0 Å². The van der Waals surface area contributed by atoms with Gasteiger partial charge in [0.1, 0.15) is 11.6 Å². The minimum atomic E-state index is -0.382. The van der Waals surface area contributed by atoms with Crippen LogP contribution in [0.1, 0.15) is 36.0 Å². The topological polar surface area (TPSA) is 58.4 Å². The predicted molar refractivity (Wildman–Crippen MR) is 97.1 cm³/mol. The van der Waals surface area contributed by atoms with Gasteiger partial charge in [-0.1, -0.05) is 24.3 Å². The van der Waals surface area contributed by atoms with E-state index in [9.17, 15) is 9.18 Å². The standard InChI is InChI=1S/C20H21FN4O/c1-13-23-17(18-8-4-5-11-25(13)18)12-22-16-9-10-19(26)24-20(16)14-6-2-3-7-15(14)21/h2-8,11,16,20,22H,9-10,12H2,1H3,(H,24,26)/t16-,20+/m1/s1. The molecule has 1 aliphatic heterocycles. The van der Waals surface area contributed by atoms with E-state index < -0.39 is 0 Å². The molecule has 2 aromatic heterocycles. The Morgan fingerprint density at radius 1 is 1.27 bits per heavy atom. The molecule has 3 heterocycles. The van der Waals surface area contributed by atoms with E-state index in [1.54, 1.807) is 18.2 Å². The number of amides is 1. The Morgan fingerprint density at radius 3 is 2.92 bits per heavy atom. The first kappa shape index (κ1) is 16.7. The molecule has 0 spiro atoms. The molecule has 5 nitrogen and oxygen atoms in total. The molecule has 0 aliphatic carbocycles. The highest BCUT2D eigenvalue weighted by molar-refractivity contribution is 5.77. The number of aromatic nitrogens is 2. The Bertz CT molecular complexity index is 952. The number of rotatable bonds is 4. The number of hydrogen-bond donors (Lipinski definition) is 2. The van der Waals surface area contributed by atoms with Crippen molar-refractivity contribution in [1.29, 1.82) is 0 Å². The number of carbonyl (C=O) groups excluding carboxylic acids is 1. The normalized spacial score (nSPS) is 20.3. The highest BCUT2D eigenvalue weighted by Gasteiger charge is 2.31. The van der Waals surface area contributed by atoms with E-state index in [1.807, 2.05) is 35.7 Å². The summed E-state index contributed by atoms with van der Waals surface area (Å²) in [6.45, 7) is 2.53. The third kappa shape index (κ3) is 3.08. The van der Waals surface area contributed by atoms with Crippen LogP contribution >= 0.6 is 0 Å². The Balaban J connectivity index is 1.57. The van der Waals surface area contributed by atoms with Crippen LogP contribution in [-0.4, -0.2) is 21.3 Å². The van der Waals surface area contributed by atoms with Crippen molar-refractivity contribution in [3.63, 3.8) is 0 Å². The zero-order chi connectivity index (χ0) is 18.1. The van der Waals surface area contributed by atoms with Gasteiger partial charge in [0.05, 0.1) is 17.3 Å². The van der Waals surface area contributed by atoms with Crippen molar-refractivity contribution >= 4 is 11.4 Å². The van der Waals surface area contributed by atoms with E-state index in [0.29, 0.717) is 24.9 Å². The smallest absolute Gasteiger partial charge is 0.220 e. The third-order valence-corrected chi connectivity index (χ3v) is 4.97. The average molecular weight is 352 g/mol. The van der Waals surface area contributed by atoms with Gasteiger partial charge in [0.15, 0.2) is 0 Å². The van der Waals surface area contributed by atoms with Gasteiger partial charge in [-0.25, -0.2) is 9.37 Å². The minimum absolute atomic E-state index is 0.0420. The molecule has 1 fully saturated rings. The number of halogens is 1. The molecule has 0 saturated carbocycles. The van der Waals surface area contributed by atoms with Crippen LogP contribution in [0.4, 0.5) is 4.39 Å². The quantitative estimate of drug-likeness (QED) is 0.759. The summed E-state index contributed by atoms with van der Waals surface area (Å²) in [7, 11) is 0. The lowest BCUT2D eigenvalue weighted by atomic mass is 9.91. The van der Waals surface area contributed by atoms with Crippen LogP contribution in [0.25, 0.3) is 5.52 Å². The predicted octanol–water partition coefficient (Wildman–Crippen LogP) is 2.89. The van der Waals surface area contributed by atoms with E-state index in [1.165, 1.54) is 6.07 Å². The molecule has 4 rings (SSSR count). The number of carbonyl (C=O) groups is 1. The summed E-state index contributed by atoms with van der Waals surface area (Å²) in [5, 5.41) is 6.42. The summed E-state index contributed by atoms with van der Waals surface area (Å²) >= 11 is 0. The summed E-state index contributed by atoms with van der Waals surface area (Å²) in [6.07, 6.45) is 3.09. The van der Waals surface area contributed by atoms with Crippen molar-refractivity contribution in [1.82, 2.24) is 20.0 Å². The van der Waals surface area contributed by atoms with Gasteiger partial charge in [0, 0.05) is 30.8 Å². The Labute approximate surface area is 151 Å². The van der Waals surface area contributed by atoms with Crippen LogP contribution in [0, 0.1) is 12.7 Å². The van der Waals surface area contributed by atoms with E-state index in [4.69, 9.17) is 0 Å². The molecule has 3 aromatic rings. The summed E-state index contributed by atoms with van der Waals surface area (Å²) < 4.78 is 16.3. The second kappa shape index (κ2) is 6.88. The molecule has 2 N–H and O–H groups in total. The van der Waals surface area contributed by atoms with Crippen LogP contribution in [0.3, 0.4) is 0 Å². The molecule has 6 heteroatoms. The summed E-state index contributed by atoms with van der Waals surface area (Å²) in [5.74, 6) is 0.592. The van der Waals surface area contributed by atoms with Crippen LogP contribution < -0.4 is 10.6 Å². The van der Waals surface area contributed by atoms with Crippen molar-refractivity contribution < 1.29 is 9.18 Å². The SMILES string of the molecule is Cc1nc(CN[C@@H]2CCC(=O)N[C@H]2c2ccccc2F)c2ccccn12. The zero-order valence-electron chi connectivity index (χ0n) is 14.6. The zero-order valence-corrected chi connectivity index (χ0v) is 14.6. The van der Waals surface area contributed by atoms with Gasteiger partial charge in [-0.3, -0.25) is 4.79 Å². The number of nitrogens with zero attached hydrogens (tertiary/aromatic N) is 2.